The van der Waals surface area contributed by atoms with E-state index in [0.717, 1.165) is 11.4 Å². The summed E-state index contributed by atoms with van der Waals surface area (Å²) in [6.07, 6.45) is 0. The molecule has 0 bridgehead atoms. The van der Waals surface area contributed by atoms with Gasteiger partial charge in [0.1, 0.15) is 5.75 Å². The Morgan fingerprint density at radius 1 is 0.914 bits per heavy atom. The third kappa shape index (κ3) is 4.62. The molecule has 0 aliphatic carbocycles. The van der Waals surface area contributed by atoms with Crippen molar-refractivity contribution in [3.63, 3.8) is 0 Å². The first-order valence-corrected chi connectivity index (χ1v) is 12.6. The molecule has 0 saturated carbocycles. The number of sulfonamides is 1. The number of rotatable bonds is 6. The molecular weight excluding hydrogens is 470 g/mol. The second-order valence-electron chi connectivity index (χ2n) is 8.11. The van der Waals surface area contributed by atoms with Crippen LogP contribution in [-0.4, -0.2) is 58.7 Å². The molecule has 182 valence electrons. The molecule has 1 fully saturated rings. The Hall–Kier alpha value is -3.76. The summed E-state index contributed by atoms with van der Waals surface area (Å²) in [4.78, 5) is 14.9. The van der Waals surface area contributed by atoms with Crippen LogP contribution in [0, 0.1) is 0 Å². The Kier molecular flexibility index (Phi) is 6.23. The summed E-state index contributed by atoms with van der Waals surface area (Å²) in [5.74, 6) is 1.55. The van der Waals surface area contributed by atoms with Gasteiger partial charge in [-0.15, -0.1) is 0 Å². The maximum Gasteiger partial charge on any atom is 0.255 e. The van der Waals surface area contributed by atoms with E-state index in [2.05, 4.69) is 10.2 Å². The van der Waals surface area contributed by atoms with Crippen LogP contribution in [0.2, 0.25) is 0 Å². The molecule has 0 radical (unpaired) electrons. The van der Waals surface area contributed by atoms with E-state index in [9.17, 15) is 13.2 Å². The number of ether oxygens (including phenoxy) is 3. The number of carbonyl (C=O) groups excluding carboxylic acids is 1. The van der Waals surface area contributed by atoms with Gasteiger partial charge in [-0.25, -0.2) is 8.42 Å². The van der Waals surface area contributed by atoms with Gasteiger partial charge in [0.25, 0.3) is 5.91 Å². The van der Waals surface area contributed by atoms with Gasteiger partial charge >= 0.3 is 0 Å². The van der Waals surface area contributed by atoms with Crippen LogP contribution in [0.3, 0.4) is 0 Å². The number of methoxy groups -OCH3 is 1. The van der Waals surface area contributed by atoms with Crippen molar-refractivity contribution in [1.29, 1.82) is 0 Å². The lowest BCUT2D eigenvalue weighted by Crippen LogP contribution is -2.48. The van der Waals surface area contributed by atoms with E-state index in [-0.39, 0.29) is 17.6 Å². The van der Waals surface area contributed by atoms with Gasteiger partial charge < -0.3 is 24.4 Å². The van der Waals surface area contributed by atoms with Gasteiger partial charge in [-0.3, -0.25) is 4.79 Å². The highest BCUT2D eigenvalue weighted by Crippen LogP contribution is 2.33. The quantitative estimate of drug-likeness (QED) is 0.561. The van der Waals surface area contributed by atoms with Crippen LogP contribution in [0.15, 0.2) is 71.6 Å². The van der Waals surface area contributed by atoms with Gasteiger partial charge in [0.2, 0.25) is 16.8 Å². The van der Waals surface area contributed by atoms with Crippen molar-refractivity contribution in [3.8, 4) is 17.2 Å². The number of nitrogens with zero attached hydrogens (tertiary/aromatic N) is 2. The topological polar surface area (TPSA) is 97.4 Å². The minimum absolute atomic E-state index is 0.131. The highest BCUT2D eigenvalue weighted by atomic mass is 32.2. The third-order valence-corrected chi connectivity index (χ3v) is 7.96. The van der Waals surface area contributed by atoms with Crippen molar-refractivity contribution in [2.45, 2.75) is 4.90 Å². The van der Waals surface area contributed by atoms with Crippen molar-refractivity contribution in [1.82, 2.24) is 4.31 Å². The highest BCUT2D eigenvalue weighted by molar-refractivity contribution is 7.89. The first kappa shape index (κ1) is 23.0. The van der Waals surface area contributed by atoms with Crippen LogP contribution in [-0.2, 0) is 10.0 Å². The largest absolute Gasteiger partial charge is 0.495 e. The van der Waals surface area contributed by atoms with Crippen molar-refractivity contribution < 1.29 is 27.4 Å². The predicted molar refractivity (Wildman–Crippen MR) is 131 cm³/mol. The van der Waals surface area contributed by atoms with Crippen LogP contribution in [0.1, 0.15) is 10.4 Å². The molecule has 2 aliphatic heterocycles. The highest BCUT2D eigenvalue weighted by Gasteiger charge is 2.29. The zero-order valence-electron chi connectivity index (χ0n) is 19.1. The summed E-state index contributed by atoms with van der Waals surface area (Å²) in [7, 11) is -2.03. The monoisotopic (exact) mass is 495 g/mol. The Balaban J connectivity index is 1.23. The molecule has 0 aromatic heterocycles. The predicted octanol–water partition coefficient (Wildman–Crippen LogP) is 3.19. The Morgan fingerprint density at radius 3 is 2.37 bits per heavy atom. The van der Waals surface area contributed by atoms with Gasteiger partial charge in [0.05, 0.1) is 17.7 Å². The maximum atomic E-state index is 13.2. The zero-order chi connectivity index (χ0) is 24.4. The second kappa shape index (κ2) is 9.47. The number of para-hydroxylation sites is 2. The van der Waals surface area contributed by atoms with E-state index >= 15 is 0 Å². The molecule has 0 unspecified atom stereocenters. The standard InChI is InChI=1S/C25H25N3O6S/c1-32-22-5-3-2-4-21(22)27-12-14-28(15-13-27)35(30,31)20-9-7-19(8-10-20)26-25(29)18-6-11-23-24(16-18)34-17-33-23/h2-11,16H,12-15,17H2,1H3,(H,26,29). The molecule has 1 amide bonds. The lowest BCUT2D eigenvalue weighted by molar-refractivity contribution is 0.102. The van der Waals surface area contributed by atoms with E-state index in [0.29, 0.717) is 48.9 Å². The Labute approximate surface area is 203 Å². The molecule has 1 saturated heterocycles. The number of fused-ring (bicyclic) bond motifs is 1. The number of amides is 1. The van der Waals surface area contributed by atoms with Gasteiger partial charge in [-0.1, -0.05) is 12.1 Å². The SMILES string of the molecule is COc1ccccc1N1CCN(S(=O)(=O)c2ccc(NC(=O)c3ccc4c(c3)OCO4)cc2)CC1. The molecule has 1 N–H and O–H groups in total. The lowest BCUT2D eigenvalue weighted by Gasteiger charge is -2.35. The summed E-state index contributed by atoms with van der Waals surface area (Å²) in [6, 6.07) is 18.8. The van der Waals surface area contributed by atoms with Crippen molar-refractivity contribution in [2.75, 3.05) is 50.3 Å². The zero-order valence-corrected chi connectivity index (χ0v) is 20.0. The van der Waals surface area contributed by atoms with Gasteiger partial charge in [-0.05, 0) is 54.6 Å². The van der Waals surface area contributed by atoms with Gasteiger partial charge in [0, 0.05) is 37.4 Å². The molecule has 2 aliphatic rings. The van der Waals surface area contributed by atoms with E-state index in [1.165, 1.54) is 16.4 Å². The number of carbonyl (C=O) groups is 1. The summed E-state index contributed by atoms with van der Waals surface area (Å²) >= 11 is 0. The van der Waals surface area contributed by atoms with Crippen LogP contribution in [0.25, 0.3) is 0 Å². The molecular formula is C25H25N3O6S. The van der Waals surface area contributed by atoms with E-state index < -0.39 is 10.0 Å². The van der Waals surface area contributed by atoms with Gasteiger partial charge in [0.15, 0.2) is 11.5 Å². The van der Waals surface area contributed by atoms with Crippen LogP contribution in [0.5, 0.6) is 17.2 Å². The number of anilines is 2. The van der Waals surface area contributed by atoms with Crippen molar-refractivity contribution in [3.05, 3.63) is 72.3 Å². The average molecular weight is 496 g/mol. The van der Waals surface area contributed by atoms with Gasteiger partial charge in [-0.2, -0.15) is 4.31 Å². The molecule has 0 spiro atoms. The fourth-order valence-electron chi connectivity index (χ4n) is 4.16. The summed E-state index contributed by atoms with van der Waals surface area (Å²) < 4.78 is 43.9. The molecule has 3 aromatic carbocycles. The third-order valence-electron chi connectivity index (χ3n) is 6.05. The molecule has 3 aromatic rings. The van der Waals surface area contributed by atoms with Crippen molar-refractivity contribution in [2.24, 2.45) is 0 Å². The number of nitrogens with one attached hydrogen (secondary N) is 1. The van der Waals surface area contributed by atoms with Crippen LogP contribution in [0.4, 0.5) is 11.4 Å². The number of piperazine rings is 1. The Bertz CT molecular complexity index is 1340. The number of hydrogen-bond acceptors (Lipinski definition) is 7. The minimum Gasteiger partial charge on any atom is -0.495 e. The molecule has 0 atom stereocenters. The van der Waals surface area contributed by atoms with E-state index in [4.69, 9.17) is 14.2 Å². The molecule has 10 heteroatoms. The van der Waals surface area contributed by atoms with Crippen LogP contribution >= 0.6 is 0 Å². The van der Waals surface area contributed by atoms with Crippen LogP contribution < -0.4 is 24.4 Å². The smallest absolute Gasteiger partial charge is 0.255 e. The first-order valence-electron chi connectivity index (χ1n) is 11.1. The number of hydrogen-bond donors (Lipinski definition) is 1. The fourth-order valence-corrected chi connectivity index (χ4v) is 5.58. The second-order valence-corrected chi connectivity index (χ2v) is 10.0. The summed E-state index contributed by atoms with van der Waals surface area (Å²) in [5, 5.41) is 2.78. The normalized spacial score (nSPS) is 15.6. The van der Waals surface area contributed by atoms with E-state index in [1.807, 2.05) is 24.3 Å². The maximum absolute atomic E-state index is 13.2. The lowest BCUT2D eigenvalue weighted by atomic mass is 10.2. The number of benzene rings is 3. The molecule has 2 heterocycles. The summed E-state index contributed by atoms with van der Waals surface area (Å²) in [6.45, 7) is 1.98. The average Bonchev–Trinajstić information content (AvgIpc) is 3.37. The minimum atomic E-state index is -3.66. The molecule has 9 nitrogen and oxygen atoms in total. The Morgan fingerprint density at radius 2 is 1.63 bits per heavy atom. The first-order chi connectivity index (χ1) is 17.0. The summed E-state index contributed by atoms with van der Waals surface area (Å²) in [5.41, 5.74) is 1.86. The fraction of sp³-hybridized carbons (Fsp3) is 0.240. The van der Waals surface area contributed by atoms with E-state index in [1.54, 1.807) is 37.4 Å². The van der Waals surface area contributed by atoms with Crippen molar-refractivity contribution >= 4 is 27.3 Å². The molecule has 5 rings (SSSR count). The molecule has 35 heavy (non-hydrogen) atoms.